The summed E-state index contributed by atoms with van der Waals surface area (Å²) in [5.41, 5.74) is 0.755. The van der Waals surface area contributed by atoms with Crippen molar-refractivity contribution in [3.05, 3.63) is 71.3 Å². The Morgan fingerprint density at radius 3 is 2.65 bits per heavy atom. The zero-order valence-corrected chi connectivity index (χ0v) is 19.7. The van der Waals surface area contributed by atoms with Crippen molar-refractivity contribution in [3.63, 3.8) is 0 Å². The second-order valence-electron chi connectivity index (χ2n) is 7.21. The maximum Gasteiger partial charge on any atom is 0.338 e. The summed E-state index contributed by atoms with van der Waals surface area (Å²) in [4.78, 5) is 36.6. The Kier molecular flexibility index (Phi) is 8.36. The monoisotopic (exact) mass is 485 g/mol. The first-order valence-corrected chi connectivity index (χ1v) is 11.4. The van der Waals surface area contributed by atoms with E-state index in [1.165, 1.54) is 18.2 Å². The van der Waals surface area contributed by atoms with Gasteiger partial charge in [0.1, 0.15) is 5.82 Å². The van der Waals surface area contributed by atoms with E-state index < -0.39 is 23.7 Å². The topological polar surface area (TPSA) is 115 Å². The molecule has 0 saturated carbocycles. The fourth-order valence-corrected chi connectivity index (χ4v) is 3.80. The van der Waals surface area contributed by atoms with Gasteiger partial charge in [0.15, 0.2) is 11.0 Å². The van der Waals surface area contributed by atoms with E-state index in [0.717, 1.165) is 11.8 Å². The number of aromatic nitrogens is 3. The molecule has 2 amide bonds. The molecule has 0 aliphatic rings. The number of thioether (sulfide) groups is 1. The van der Waals surface area contributed by atoms with Gasteiger partial charge >= 0.3 is 5.97 Å². The molecule has 1 atom stereocenters. The van der Waals surface area contributed by atoms with Gasteiger partial charge in [-0.2, -0.15) is 0 Å². The molecule has 2 N–H and O–H groups in total. The van der Waals surface area contributed by atoms with Crippen LogP contribution in [0.4, 0.5) is 10.1 Å². The Morgan fingerprint density at radius 1 is 1.15 bits per heavy atom. The van der Waals surface area contributed by atoms with Gasteiger partial charge < -0.3 is 19.9 Å². The standard InChI is InChI=1S/C23H24FN5O4S/c1-4-33-22(32)15-8-7-9-16(12-15)26-19(30)13-34-23-28-27-20(29(23)3)14(2)25-21(31)17-10-5-6-11-18(17)24/h5-12,14H,4,13H2,1-3H3,(H,25,31)(H,26,30)/t14-/m1/s1. The largest absolute Gasteiger partial charge is 0.462 e. The summed E-state index contributed by atoms with van der Waals surface area (Å²) in [7, 11) is 1.71. The van der Waals surface area contributed by atoms with Gasteiger partial charge in [-0.1, -0.05) is 30.0 Å². The van der Waals surface area contributed by atoms with E-state index in [1.54, 1.807) is 55.8 Å². The van der Waals surface area contributed by atoms with Gasteiger partial charge in [-0.05, 0) is 44.2 Å². The van der Waals surface area contributed by atoms with E-state index in [4.69, 9.17) is 4.74 Å². The molecule has 34 heavy (non-hydrogen) atoms. The maximum absolute atomic E-state index is 13.8. The normalized spacial score (nSPS) is 11.5. The minimum atomic E-state index is -0.611. The SMILES string of the molecule is CCOC(=O)c1cccc(NC(=O)CSc2nnc([C@@H](C)NC(=O)c3ccccc3F)n2C)c1. The Hall–Kier alpha value is -3.73. The van der Waals surface area contributed by atoms with Crippen LogP contribution in [0, 0.1) is 5.82 Å². The lowest BCUT2D eigenvalue weighted by atomic mass is 10.2. The molecule has 3 rings (SSSR count). The third-order valence-corrected chi connectivity index (χ3v) is 5.73. The first-order valence-electron chi connectivity index (χ1n) is 10.4. The summed E-state index contributed by atoms with van der Waals surface area (Å²) in [6.07, 6.45) is 0. The van der Waals surface area contributed by atoms with Crippen molar-refractivity contribution in [2.75, 3.05) is 17.7 Å². The minimum absolute atomic E-state index is 0.0472. The molecular formula is C23H24FN5O4S. The highest BCUT2D eigenvalue weighted by atomic mass is 32.2. The average molecular weight is 486 g/mol. The number of benzene rings is 2. The highest BCUT2D eigenvalue weighted by Gasteiger charge is 2.20. The van der Waals surface area contributed by atoms with Gasteiger partial charge in [0.05, 0.1) is 29.5 Å². The van der Waals surface area contributed by atoms with E-state index in [9.17, 15) is 18.8 Å². The van der Waals surface area contributed by atoms with Gasteiger partial charge in [-0.25, -0.2) is 9.18 Å². The summed E-state index contributed by atoms with van der Waals surface area (Å²) < 4.78 is 20.5. The number of anilines is 1. The number of esters is 1. The Labute approximate surface area is 200 Å². The van der Waals surface area contributed by atoms with Crippen LogP contribution in [0.2, 0.25) is 0 Å². The second-order valence-corrected chi connectivity index (χ2v) is 8.16. The smallest absolute Gasteiger partial charge is 0.338 e. The Balaban J connectivity index is 1.57. The highest BCUT2D eigenvalue weighted by molar-refractivity contribution is 7.99. The van der Waals surface area contributed by atoms with Gasteiger partial charge in [0.2, 0.25) is 5.91 Å². The fourth-order valence-electron chi connectivity index (χ4n) is 3.08. The number of carbonyl (C=O) groups excluding carboxylic acids is 3. The van der Waals surface area contributed by atoms with Crippen LogP contribution >= 0.6 is 11.8 Å². The third-order valence-electron chi connectivity index (χ3n) is 4.71. The van der Waals surface area contributed by atoms with Crippen molar-refractivity contribution in [1.82, 2.24) is 20.1 Å². The van der Waals surface area contributed by atoms with E-state index in [2.05, 4.69) is 20.8 Å². The van der Waals surface area contributed by atoms with E-state index in [-0.39, 0.29) is 23.8 Å². The molecule has 0 spiro atoms. The zero-order valence-electron chi connectivity index (χ0n) is 18.9. The number of hydrogen-bond acceptors (Lipinski definition) is 7. The van der Waals surface area contributed by atoms with Crippen LogP contribution in [0.15, 0.2) is 53.7 Å². The molecule has 0 radical (unpaired) electrons. The zero-order chi connectivity index (χ0) is 24.7. The highest BCUT2D eigenvalue weighted by Crippen LogP contribution is 2.20. The summed E-state index contributed by atoms with van der Waals surface area (Å²) >= 11 is 1.16. The first kappa shape index (κ1) is 24.9. The molecule has 9 nitrogen and oxygen atoms in total. The minimum Gasteiger partial charge on any atom is -0.462 e. The van der Waals surface area contributed by atoms with Gasteiger partial charge in [0.25, 0.3) is 5.91 Å². The molecule has 2 aromatic carbocycles. The summed E-state index contributed by atoms with van der Waals surface area (Å²) in [5, 5.41) is 14.1. The number of hydrogen-bond donors (Lipinski definition) is 2. The van der Waals surface area contributed by atoms with Crippen LogP contribution in [-0.4, -0.2) is 44.9 Å². The first-order chi connectivity index (χ1) is 16.3. The fraction of sp³-hybridized carbons (Fsp3) is 0.261. The van der Waals surface area contributed by atoms with Crippen molar-refractivity contribution < 1.29 is 23.5 Å². The van der Waals surface area contributed by atoms with Crippen LogP contribution in [-0.2, 0) is 16.6 Å². The quantitative estimate of drug-likeness (QED) is 0.353. The van der Waals surface area contributed by atoms with Gasteiger partial charge in [0, 0.05) is 12.7 Å². The van der Waals surface area contributed by atoms with Crippen molar-refractivity contribution in [3.8, 4) is 0 Å². The molecule has 178 valence electrons. The number of ether oxygens (including phenoxy) is 1. The molecule has 0 bridgehead atoms. The molecule has 0 fully saturated rings. The number of amides is 2. The Morgan fingerprint density at radius 2 is 1.91 bits per heavy atom. The van der Waals surface area contributed by atoms with Crippen molar-refractivity contribution in [2.45, 2.75) is 25.0 Å². The van der Waals surface area contributed by atoms with E-state index >= 15 is 0 Å². The predicted molar refractivity (Wildman–Crippen MR) is 125 cm³/mol. The lowest BCUT2D eigenvalue weighted by molar-refractivity contribution is -0.113. The Bertz CT molecular complexity index is 1200. The number of nitrogens with zero attached hydrogens (tertiary/aromatic N) is 3. The molecule has 11 heteroatoms. The van der Waals surface area contributed by atoms with E-state index in [1.807, 2.05) is 0 Å². The third kappa shape index (κ3) is 6.19. The number of halogens is 1. The predicted octanol–water partition coefficient (Wildman–Crippen LogP) is 3.35. The average Bonchev–Trinajstić information content (AvgIpc) is 3.18. The summed E-state index contributed by atoms with van der Waals surface area (Å²) in [5.74, 6) is -1.43. The van der Waals surface area contributed by atoms with Crippen LogP contribution in [0.5, 0.6) is 0 Å². The lowest BCUT2D eigenvalue weighted by Crippen LogP contribution is -2.29. The molecule has 0 aliphatic heterocycles. The van der Waals surface area contributed by atoms with Gasteiger partial charge in [-0.15, -0.1) is 10.2 Å². The van der Waals surface area contributed by atoms with Crippen LogP contribution in [0.1, 0.15) is 46.4 Å². The maximum atomic E-state index is 13.8. The molecule has 0 aliphatic carbocycles. The van der Waals surface area contributed by atoms with E-state index in [0.29, 0.717) is 22.2 Å². The van der Waals surface area contributed by atoms with Crippen molar-refractivity contribution in [1.29, 1.82) is 0 Å². The van der Waals surface area contributed by atoms with Gasteiger partial charge in [-0.3, -0.25) is 9.59 Å². The molecule has 1 aromatic heterocycles. The van der Waals surface area contributed by atoms with Crippen molar-refractivity contribution >= 4 is 35.2 Å². The summed E-state index contributed by atoms with van der Waals surface area (Å²) in [6.45, 7) is 3.69. The van der Waals surface area contributed by atoms with Crippen LogP contribution in [0.3, 0.4) is 0 Å². The lowest BCUT2D eigenvalue weighted by Gasteiger charge is -2.14. The number of nitrogens with one attached hydrogen (secondary N) is 2. The van der Waals surface area contributed by atoms with Crippen LogP contribution in [0.25, 0.3) is 0 Å². The molecule has 3 aromatic rings. The number of rotatable bonds is 9. The molecular weight excluding hydrogens is 461 g/mol. The molecule has 0 unspecified atom stereocenters. The molecule has 1 heterocycles. The number of carbonyl (C=O) groups is 3. The van der Waals surface area contributed by atoms with Crippen LogP contribution < -0.4 is 10.6 Å². The molecule has 0 saturated heterocycles. The van der Waals surface area contributed by atoms with Crippen molar-refractivity contribution in [2.24, 2.45) is 7.05 Å². The second kappa shape index (κ2) is 11.4. The summed E-state index contributed by atoms with van der Waals surface area (Å²) in [6, 6.07) is 11.6.